The van der Waals surface area contributed by atoms with E-state index in [2.05, 4.69) is 0 Å². The van der Waals surface area contributed by atoms with Crippen LogP contribution in [-0.2, 0) is 13.2 Å². The molecule has 20 heavy (non-hydrogen) atoms. The second-order valence-corrected chi connectivity index (χ2v) is 4.35. The number of ether oxygens (including phenoxy) is 1. The van der Waals surface area contributed by atoms with Gasteiger partial charge in [-0.05, 0) is 23.3 Å². The van der Waals surface area contributed by atoms with Crippen LogP contribution in [0.1, 0.15) is 21.5 Å². The van der Waals surface area contributed by atoms with E-state index in [0.29, 0.717) is 11.4 Å². The molecule has 2 aromatic carbocycles. The zero-order valence-corrected chi connectivity index (χ0v) is 10.9. The minimum absolute atomic E-state index is 0.00139. The van der Waals surface area contributed by atoms with E-state index in [0.717, 1.165) is 11.1 Å². The molecule has 2 rings (SSSR count). The maximum absolute atomic E-state index is 11.3. The summed E-state index contributed by atoms with van der Waals surface area (Å²) in [7, 11) is 0. The molecular formula is C15H16N2O3. The Balaban J connectivity index is 2.16. The fourth-order valence-electron chi connectivity index (χ4n) is 1.81. The van der Waals surface area contributed by atoms with Crippen LogP contribution in [0.15, 0.2) is 42.5 Å². The number of nitrogens with two attached hydrogens (primary N) is 2. The Morgan fingerprint density at radius 3 is 2.35 bits per heavy atom. The van der Waals surface area contributed by atoms with Crippen LogP contribution in [0.3, 0.4) is 0 Å². The number of aliphatic hydroxyl groups is 1. The maximum atomic E-state index is 11.3. The lowest BCUT2D eigenvalue weighted by molar-refractivity contribution is 0.0996. The molecule has 2 aromatic rings. The zero-order chi connectivity index (χ0) is 14.5. The molecule has 104 valence electrons. The van der Waals surface area contributed by atoms with Crippen molar-refractivity contribution >= 4 is 11.6 Å². The smallest absolute Gasteiger partial charge is 0.252 e. The Morgan fingerprint density at radius 1 is 1.10 bits per heavy atom. The molecule has 0 radical (unpaired) electrons. The van der Waals surface area contributed by atoms with Gasteiger partial charge in [-0.15, -0.1) is 0 Å². The van der Waals surface area contributed by atoms with Crippen molar-refractivity contribution in [2.45, 2.75) is 13.2 Å². The predicted octanol–water partition coefficient (Wildman–Crippen LogP) is 1.44. The second-order valence-electron chi connectivity index (χ2n) is 4.35. The zero-order valence-electron chi connectivity index (χ0n) is 10.9. The Hall–Kier alpha value is -2.53. The number of rotatable bonds is 5. The molecule has 0 aromatic heterocycles. The summed E-state index contributed by atoms with van der Waals surface area (Å²) in [5, 5.41) is 8.97. The van der Waals surface area contributed by atoms with Gasteiger partial charge in [-0.25, -0.2) is 0 Å². The third-order valence-corrected chi connectivity index (χ3v) is 2.90. The largest absolute Gasteiger partial charge is 0.486 e. The fraction of sp³-hybridized carbons (Fsp3) is 0.133. The number of primary amides is 1. The lowest BCUT2D eigenvalue weighted by atomic mass is 10.1. The van der Waals surface area contributed by atoms with Crippen LogP contribution in [-0.4, -0.2) is 11.0 Å². The number of anilines is 1. The lowest BCUT2D eigenvalue weighted by Crippen LogP contribution is -2.14. The average Bonchev–Trinajstić information content (AvgIpc) is 2.46. The van der Waals surface area contributed by atoms with Gasteiger partial charge in [-0.2, -0.15) is 0 Å². The Kier molecular flexibility index (Phi) is 4.22. The van der Waals surface area contributed by atoms with Gasteiger partial charge in [0.05, 0.1) is 17.9 Å². The summed E-state index contributed by atoms with van der Waals surface area (Å²) in [5.74, 6) is -0.283. The molecule has 5 heteroatoms. The summed E-state index contributed by atoms with van der Waals surface area (Å²) in [6.45, 7) is 0.263. The van der Waals surface area contributed by atoms with Gasteiger partial charge in [0.15, 0.2) is 5.75 Å². The number of hydrogen-bond donors (Lipinski definition) is 3. The van der Waals surface area contributed by atoms with E-state index in [4.69, 9.17) is 21.3 Å². The van der Waals surface area contributed by atoms with Crippen LogP contribution in [0.5, 0.6) is 5.75 Å². The summed E-state index contributed by atoms with van der Waals surface area (Å²) in [4.78, 5) is 11.3. The molecule has 0 fully saturated rings. The van der Waals surface area contributed by atoms with Crippen molar-refractivity contribution < 1.29 is 14.6 Å². The molecule has 0 atom stereocenters. The van der Waals surface area contributed by atoms with Gasteiger partial charge in [0, 0.05) is 0 Å². The van der Waals surface area contributed by atoms with Crippen LogP contribution < -0.4 is 16.2 Å². The van der Waals surface area contributed by atoms with Crippen LogP contribution >= 0.6 is 0 Å². The summed E-state index contributed by atoms with van der Waals surface area (Å²) >= 11 is 0. The molecule has 0 bridgehead atoms. The van der Waals surface area contributed by atoms with Gasteiger partial charge >= 0.3 is 0 Å². The number of aliphatic hydroxyl groups excluding tert-OH is 1. The first-order chi connectivity index (χ1) is 9.61. The average molecular weight is 272 g/mol. The van der Waals surface area contributed by atoms with E-state index in [-0.39, 0.29) is 18.8 Å². The highest BCUT2D eigenvalue weighted by Gasteiger charge is 2.12. The molecule has 0 aliphatic rings. The molecule has 0 aliphatic heterocycles. The van der Waals surface area contributed by atoms with E-state index >= 15 is 0 Å². The molecular weight excluding hydrogens is 256 g/mol. The third kappa shape index (κ3) is 3.07. The van der Waals surface area contributed by atoms with Gasteiger partial charge < -0.3 is 21.3 Å². The van der Waals surface area contributed by atoms with E-state index in [1.54, 1.807) is 18.2 Å². The first kappa shape index (κ1) is 13.9. The van der Waals surface area contributed by atoms with E-state index < -0.39 is 5.91 Å². The van der Waals surface area contributed by atoms with E-state index in [1.807, 2.05) is 24.3 Å². The van der Waals surface area contributed by atoms with Crippen molar-refractivity contribution in [3.63, 3.8) is 0 Å². The van der Waals surface area contributed by atoms with Crippen LogP contribution in [0, 0.1) is 0 Å². The lowest BCUT2D eigenvalue weighted by Gasteiger charge is -2.12. The second kappa shape index (κ2) is 6.08. The van der Waals surface area contributed by atoms with E-state index in [9.17, 15) is 4.79 Å². The monoisotopic (exact) mass is 272 g/mol. The Bertz CT molecular complexity index is 609. The topological polar surface area (TPSA) is 98.6 Å². The SMILES string of the molecule is NC(=O)c1cccc(N)c1OCc1ccc(CO)cc1. The standard InChI is InChI=1S/C15H16N2O3/c16-13-3-1-2-12(15(17)19)14(13)20-9-11-6-4-10(8-18)5-7-11/h1-7,18H,8-9,16H2,(H2,17,19). The van der Waals surface area contributed by atoms with Crippen molar-refractivity contribution in [3.05, 3.63) is 59.2 Å². The van der Waals surface area contributed by atoms with E-state index in [1.165, 1.54) is 0 Å². The molecule has 1 amide bonds. The van der Waals surface area contributed by atoms with Crippen molar-refractivity contribution in [1.29, 1.82) is 0 Å². The number of amides is 1. The van der Waals surface area contributed by atoms with Crippen LogP contribution in [0.2, 0.25) is 0 Å². The van der Waals surface area contributed by atoms with Crippen LogP contribution in [0.25, 0.3) is 0 Å². The predicted molar refractivity (Wildman–Crippen MR) is 76.1 cm³/mol. The molecule has 0 heterocycles. The Morgan fingerprint density at radius 2 is 1.75 bits per heavy atom. The molecule has 0 saturated heterocycles. The fourth-order valence-corrected chi connectivity index (χ4v) is 1.81. The minimum Gasteiger partial charge on any atom is -0.486 e. The normalized spacial score (nSPS) is 10.2. The quantitative estimate of drug-likeness (QED) is 0.717. The van der Waals surface area contributed by atoms with Crippen molar-refractivity contribution in [2.24, 2.45) is 5.73 Å². The minimum atomic E-state index is -0.581. The summed E-state index contributed by atoms with van der Waals surface area (Å²) in [6, 6.07) is 12.2. The Labute approximate surface area is 116 Å². The highest BCUT2D eigenvalue weighted by atomic mass is 16.5. The van der Waals surface area contributed by atoms with Gasteiger partial charge in [-0.1, -0.05) is 30.3 Å². The number of hydrogen-bond acceptors (Lipinski definition) is 4. The van der Waals surface area contributed by atoms with Crippen molar-refractivity contribution in [3.8, 4) is 5.75 Å². The van der Waals surface area contributed by atoms with Crippen molar-refractivity contribution in [1.82, 2.24) is 0 Å². The highest BCUT2D eigenvalue weighted by molar-refractivity contribution is 5.97. The highest BCUT2D eigenvalue weighted by Crippen LogP contribution is 2.26. The molecule has 0 spiro atoms. The maximum Gasteiger partial charge on any atom is 0.252 e. The molecule has 0 aliphatic carbocycles. The van der Waals surface area contributed by atoms with Crippen LogP contribution in [0.4, 0.5) is 5.69 Å². The molecule has 5 nitrogen and oxygen atoms in total. The summed E-state index contributed by atoms with van der Waals surface area (Å²) < 4.78 is 5.60. The first-order valence-corrected chi connectivity index (χ1v) is 6.11. The van der Waals surface area contributed by atoms with Gasteiger partial charge in [0.1, 0.15) is 6.61 Å². The number of benzene rings is 2. The summed E-state index contributed by atoms with van der Waals surface area (Å²) in [5.41, 5.74) is 13.4. The van der Waals surface area contributed by atoms with Crippen molar-refractivity contribution in [2.75, 3.05) is 5.73 Å². The third-order valence-electron chi connectivity index (χ3n) is 2.90. The molecule has 0 saturated carbocycles. The van der Waals surface area contributed by atoms with Gasteiger partial charge in [0.2, 0.25) is 0 Å². The number of carbonyl (C=O) groups excluding carboxylic acids is 1. The molecule has 0 unspecified atom stereocenters. The molecule has 5 N–H and O–H groups in total. The number of nitrogen functional groups attached to an aromatic ring is 1. The van der Waals surface area contributed by atoms with Gasteiger partial charge in [-0.3, -0.25) is 4.79 Å². The first-order valence-electron chi connectivity index (χ1n) is 6.11. The number of para-hydroxylation sites is 1. The summed E-state index contributed by atoms with van der Waals surface area (Å²) in [6.07, 6.45) is 0. The van der Waals surface area contributed by atoms with Gasteiger partial charge in [0.25, 0.3) is 5.91 Å². The number of carbonyl (C=O) groups is 1.